The summed E-state index contributed by atoms with van der Waals surface area (Å²) < 4.78 is 5.38. The molecule has 100 valence electrons. The normalized spacial score (nSPS) is 12.2. The van der Waals surface area contributed by atoms with Crippen LogP contribution >= 0.6 is 11.6 Å². The molecule has 0 heterocycles. The van der Waals surface area contributed by atoms with E-state index < -0.39 is 0 Å². The Morgan fingerprint density at radius 3 is 2.47 bits per heavy atom. The maximum atomic E-state index is 5.87. The number of hydrogen-bond donors (Lipinski definition) is 1. The van der Waals surface area contributed by atoms with Crippen LogP contribution in [0.15, 0.2) is 48.5 Å². The van der Waals surface area contributed by atoms with Crippen LogP contribution in [0.2, 0.25) is 5.02 Å². The molecule has 1 N–H and O–H groups in total. The fourth-order valence-electron chi connectivity index (χ4n) is 2.01. The van der Waals surface area contributed by atoms with Gasteiger partial charge in [-0.2, -0.15) is 0 Å². The van der Waals surface area contributed by atoms with Gasteiger partial charge in [0.25, 0.3) is 0 Å². The monoisotopic (exact) mass is 275 g/mol. The highest BCUT2D eigenvalue weighted by Crippen LogP contribution is 2.24. The van der Waals surface area contributed by atoms with Crippen molar-refractivity contribution in [3.8, 4) is 5.75 Å². The number of rotatable bonds is 5. The summed E-state index contributed by atoms with van der Waals surface area (Å²) in [6.45, 7) is 2.93. The van der Waals surface area contributed by atoms with Crippen LogP contribution in [-0.2, 0) is 6.54 Å². The van der Waals surface area contributed by atoms with Gasteiger partial charge < -0.3 is 10.1 Å². The van der Waals surface area contributed by atoms with E-state index in [9.17, 15) is 0 Å². The molecule has 0 aromatic heterocycles. The highest BCUT2D eigenvalue weighted by atomic mass is 35.5. The van der Waals surface area contributed by atoms with Crippen molar-refractivity contribution in [2.75, 3.05) is 7.11 Å². The predicted octanol–water partition coefficient (Wildman–Crippen LogP) is 4.20. The first kappa shape index (κ1) is 13.9. The number of ether oxygens (including phenoxy) is 1. The molecule has 0 aliphatic heterocycles. The first-order valence-corrected chi connectivity index (χ1v) is 6.69. The van der Waals surface area contributed by atoms with Gasteiger partial charge in [0.2, 0.25) is 0 Å². The van der Waals surface area contributed by atoms with Crippen LogP contribution in [0.25, 0.3) is 0 Å². The fourth-order valence-corrected chi connectivity index (χ4v) is 2.13. The topological polar surface area (TPSA) is 21.3 Å². The number of halogens is 1. The van der Waals surface area contributed by atoms with Gasteiger partial charge in [0, 0.05) is 23.2 Å². The quantitative estimate of drug-likeness (QED) is 0.883. The van der Waals surface area contributed by atoms with Crippen molar-refractivity contribution >= 4 is 11.6 Å². The Morgan fingerprint density at radius 1 is 1.11 bits per heavy atom. The second-order valence-corrected chi connectivity index (χ2v) is 4.91. The summed E-state index contributed by atoms with van der Waals surface area (Å²) in [5.41, 5.74) is 2.38. The highest BCUT2D eigenvalue weighted by molar-refractivity contribution is 6.30. The molecule has 1 atom stereocenters. The van der Waals surface area contributed by atoms with Gasteiger partial charge in [-0.25, -0.2) is 0 Å². The molecule has 0 saturated carbocycles. The van der Waals surface area contributed by atoms with Crippen molar-refractivity contribution in [1.29, 1.82) is 0 Å². The van der Waals surface area contributed by atoms with Crippen molar-refractivity contribution in [2.45, 2.75) is 19.5 Å². The second kappa shape index (κ2) is 6.60. The van der Waals surface area contributed by atoms with E-state index in [1.54, 1.807) is 7.11 Å². The van der Waals surface area contributed by atoms with E-state index in [0.29, 0.717) is 0 Å². The Kier molecular flexibility index (Phi) is 4.83. The molecule has 0 unspecified atom stereocenters. The average Bonchev–Trinajstić information content (AvgIpc) is 2.46. The summed E-state index contributed by atoms with van der Waals surface area (Å²) in [7, 11) is 1.70. The smallest absolute Gasteiger partial charge is 0.123 e. The fraction of sp³-hybridized carbons (Fsp3) is 0.250. The highest BCUT2D eigenvalue weighted by Gasteiger charge is 2.09. The van der Waals surface area contributed by atoms with Crippen LogP contribution in [0.3, 0.4) is 0 Å². The zero-order valence-electron chi connectivity index (χ0n) is 11.2. The van der Waals surface area contributed by atoms with E-state index in [-0.39, 0.29) is 6.04 Å². The first-order valence-electron chi connectivity index (χ1n) is 6.31. The van der Waals surface area contributed by atoms with Crippen LogP contribution in [0.1, 0.15) is 24.1 Å². The molecule has 2 aromatic rings. The molecule has 0 saturated heterocycles. The predicted molar refractivity (Wildman–Crippen MR) is 79.7 cm³/mol. The molecule has 19 heavy (non-hydrogen) atoms. The van der Waals surface area contributed by atoms with E-state index in [4.69, 9.17) is 16.3 Å². The van der Waals surface area contributed by atoms with Gasteiger partial charge in [0.15, 0.2) is 0 Å². The molecule has 0 radical (unpaired) electrons. The van der Waals surface area contributed by atoms with Crippen LogP contribution in [0.4, 0.5) is 0 Å². The largest absolute Gasteiger partial charge is 0.496 e. The van der Waals surface area contributed by atoms with Crippen molar-refractivity contribution < 1.29 is 4.74 Å². The lowest BCUT2D eigenvalue weighted by atomic mass is 10.1. The molecule has 0 spiro atoms. The minimum atomic E-state index is 0.229. The van der Waals surface area contributed by atoms with E-state index in [0.717, 1.165) is 17.3 Å². The molecule has 0 fully saturated rings. The van der Waals surface area contributed by atoms with E-state index in [1.165, 1.54) is 11.1 Å². The van der Waals surface area contributed by atoms with Crippen molar-refractivity contribution in [2.24, 2.45) is 0 Å². The van der Waals surface area contributed by atoms with Gasteiger partial charge in [-0.3, -0.25) is 0 Å². The Morgan fingerprint density at radius 2 is 1.79 bits per heavy atom. The van der Waals surface area contributed by atoms with E-state index in [1.807, 2.05) is 42.5 Å². The minimum absolute atomic E-state index is 0.229. The zero-order chi connectivity index (χ0) is 13.7. The third-order valence-electron chi connectivity index (χ3n) is 3.13. The molecule has 0 amide bonds. The molecule has 0 aliphatic carbocycles. The summed E-state index contributed by atoms with van der Waals surface area (Å²) in [6, 6.07) is 16.2. The Hall–Kier alpha value is -1.51. The first-order chi connectivity index (χ1) is 9.20. The van der Waals surface area contributed by atoms with Gasteiger partial charge in [-0.05, 0) is 30.7 Å². The summed E-state index contributed by atoms with van der Waals surface area (Å²) in [4.78, 5) is 0. The summed E-state index contributed by atoms with van der Waals surface area (Å²) in [5.74, 6) is 0.915. The zero-order valence-corrected chi connectivity index (χ0v) is 11.9. The second-order valence-electron chi connectivity index (χ2n) is 4.47. The number of methoxy groups -OCH3 is 1. The molecule has 2 aromatic carbocycles. The summed E-state index contributed by atoms with van der Waals surface area (Å²) in [6.07, 6.45) is 0. The minimum Gasteiger partial charge on any atom is -0.496 e. The Labute approximate surface area is 119 Å². The Bertz CT molecular complexity index is 525. The third kappa shape index (κ3) is 3.72. The van der Waals surface area contributed by atoms with E-state index in [2.05, 4.69) is 18.3 Å². The van der Waals surface area contributed by atoms with Crippen LogP contribution in [0.5, 0.6) is 5.75 Å². The van der Waals surface area contributed by atoms with Gasteiger partial charge >= 0.3 is 0 Å². The lowest BCUT2D eigenvalue weighted by Gasteiger charge is -2.17. The maximum absolute atomic E-state index is 5.87. The van der Waals surface area contributed by atoms with Gasteiger partial charge in [0.05, 0.1) is 7.11 Å². The average molecular weight is 276 g/mol. The van der Waals surface area contributed by atoms with Crippen LogP contribution in [-0.4, -0.2) is 7.11 Å². The lowest BCUT2D eigenvalue weighted by Crippen LogP contribution is -2.18. The third-order valence-corrected chi connectivity index (χ3v) is 3.38. The number of benzene rings is 2. The number of hydrogen-bond acceptors (Lipinski definition) is 2. The molecule has 2 nitrogen and oxygen atoms in total. The van der Waals surface area contributed by atoms with Crippen molar-refractivity contribution in [1.82, 2.24) is 5.32 Å². The van der Waals surface area contributed by atoms with Crippen molar-refractivity contribution in [3.63, 3.8) is 0 Å². The molecule has 0 aliphatic rings. The van der Waals surface area contributed by atoms with Gasteiger partial charge in [0.1, 0.15) is 5.75 Å². The van der Waals surface area contributed by atoms with E-state index >= 15 is 0 Å². The standard InChI is InChI=1S/C16H18ClNO/c1-12(15-5-3-4-6-16(15)19-2)18-11-13-7-9-14(17)10-8-13/h3-10,12,18H,11H2,1-2H3/t12-/m1/s1. The van der Waals surface area contributed by atoms with Gasteiger partial charge in [-0.15, -0.1) is 0 Å². The SMILES string of the molecule is COc1ccccc1[C@@H](C)NCc1ccc(Cl)cc1. The summed E-state index contributed by atoms with van der Waals surface area (Å²) >= 11 is 5.87. The summed E-state index contributed by atoms with van der Waals surface area (Å²) in [5, 5.41) is 4.25. The lowest BCUT2D eigenvalue weighted by molar-refractivity contribution is 0.401. The maximum Gasteiger partial charge on any atom is 0.123 e. The molecule has 2 rings (SSSR count). The molecular formula is C16H18ClNO. The van der Waals surface area contributed by atoms with Crippen molar-refractivity contribution in [3.05, 3.63) is 64.7 Å². The van der Waals surface area contributed by atoms with Crippen LogP contribution < -0.4 is 10.1 Å². The molecular weight excluding hydrogens is 258 g/mol. The Balaban J connectivity index is 2.01. The number of para-hydroxylation sites is 1. The number of nitrogens with one attached hydrogen (secondary N) is 1. The van der Waals surface area contributed by atoms with Gasteiger partial charge in [-0.1, -0.05) is 41.9 Å². The van der Waals surface area contributed by atoms with Crippen LogP contribution in [0, 0.1) is 0 Å². The molecule has 0 bridgehead atoms. The molecule has 3 heteroatoms.